The lowest BCUT2D eigenvalue weighted by molar-refractivity contribution is 0.195. The van der Waals surface area contributed by atoms with E-state index in [-0.39, 0.29) is 6.61 Å². The van der Waals surface area contributed by atoms with Gasteiger partial charge in [-0.15, -0.1) is 0 Å². The molecule has 0 radical (unpaired) electrons. The Balaban J connectivity index is 2.94. The van der Waals surface area contributed by atoms with Crippen LogP contribution in [-0.2, 0) is 43.2 Å². The van der Waals surface area contributed by atoms with Crippen LogP contribution in [0.15, 0.2) is 12.1 Å². The summed E-state index contributed by atoms with van der Waals surface area (Å²) in [5.41, 5.74) is 2.79. The summed E-state index contributed by atoms with van der Waals surface area (Å²) < 4.78 is 37.5. The summed E-state index contributed by atoms with van der Waals surface area (Å²) in [5.74, 6) is 0. The molecule has 0 bridgehead atoms. The van der Waals surface area contributed by atoms with Crippen LogP contribution in [0.2, 0.25) is 5.02 Å². The molecule has 0 spiro atoms. The minimum Gasteiger partial charge on any atom is -0.385 e. The molecule has 0 atom stereocenters. The SMILES string of the molecule is COCCCc1cc(CCCOC)c(Cl)c(COS(C)(=O)=O)c1. The van der Waals surface area contributed by atoms with Crippen molar-refractivity contribution in [1.82, 2.24) is 0 Å². The molecule has 132 valence electrons. The Morgan fingerprint density at radius 3 is 2.13 bits per heavy atom. The summed E-state index contributed by atoms with van der Waals surface area (Å²) in [6.07, 6.45) is 4.39. The summed E-state index contributed by atoms with van der Waals surface area (Å²) in [6, 6.07) is 3.97. The molecule has 0 N–H and O–H groups in total. The van der Waals surface area contributed by atoms with Gasteiger partial charge in [0.25, 0.3) is 10.1 Å². The first-order valence-corrected chi connectivity index (χ1v) is 9.69. The molecule has 0 aromatic heterocycles. The van der Waals surface area contributed by atoms with Crippen LogP contribution in [0, 0.1) is 0 Å². The van der Waals surface area contributed by atoms with E-state index in [1.807, 2.05) is 6.07 Å². The van der Waals surface area contributed by atoms with Crippen molar-refractivity contribution in [3.8, 4) is 0 Å². The first-order valence-electron chi connectivity index (χ1n) is 7.50. The monoisotopic (exact) mass is 364 g/mol. The lowest BCUT2D eigenvalue weighted by atomic mass is 10.00. The van der Waals surface area contributed by atoms with E-state index < -0.39 is 10.1 Å². The minimum atomic E-state index is -3.51. The van der Waals surface area contributed by atoms with Gasteiger partial charge >= 0.3 is 0 Å². The van der Waals surface area contributed by atoms with E-state index in [9.17, 15) is 8.42 Å². The molecule has 0 unspecified atom stereocenters. The van der Waals surface area contributed by atoms with E-state index in [0.29, 0.717) is 23.8 Å². The van der Waals surface area contributed by atoms with Crippen LogP contribution >= 0.6 is 11.6 Å². The van der Waals surface area contributed by atoms with Gasteiger partial charge in [0, 0.05) is 32.5 Å². The third-order valence-electron chi connectivity index (χ3n) is 3.32. The molecule has 7 heteroatoms. The lowest BCUT2D eigenvalue weighted by Crippen LogP contribution is -2.05. The number of rotatable bonds is 11. The maximum Gasteiger partial charge on any atom is 0.264 e. The molecule has 0 fully saturated rings. The molecule has 23 heavy (non-hydrogen) atoms. The molecule has 1 aromatic rings. The van der Waals surface area contributed by atoms with Crippen LogP contribution in [0.4, 0.5) is 0 Å². The number of benzene rings is 1. The molecule has 1 rings (SSSR count). The first-order chi connectivity index (χ1) is 10.9. The Hall–Kier alpha value is -0.660. The van der Waals surface area contributed by atoms with Crippen molar-refractivity contribution < 1.29 is 22.1 Å². The predicted octanol–water partition coefficient (Wildman–Crippen LogP) is 2.97. The van der Waals surface area contributed by atoms with Crippen LogP contribution < -0.4 is 0 Å². The van der Waals surface area contributed by atoms with E-state index in [4.69, 9.17) is 25.3 Å². The molecule has 0 aliphatic carbocycles. The summed E-state index contributed by atoms with van der Waals surface area (Å²) >= 11 is 6.41. The van der Waals surface area contributed by atoms with Crippen molar-refractivity contribution in [2.24, 2.45) is 0 Å². The van der Waals surface area contributed by atoms with Gasteiger partial charge in [0.2, 0.25) is 0 Å². The average Bonchev–Trinajstić information content (AvgIpc) is 2.48. The Bertz CT molecular complexity index is 586. The van der Waals surface area contributed by atoms with Gasteiger partial charge in [-0.2, -0.15) is 8.42 Å². The van der Waals surface area contributed by atoms with Crippen molar-refractivity contribution >= 4 is 21.7 Å². The molecule has 0 saturated heterocycles. The van der Waals surface area contributed by atoms with Crippen LogP contribution in [0.3, 0.4) is 0 Å². The molecular formula is C16H25ClO5S. The second-order valence-electron chi connectivity index (χ2n) is 5.39. The molecule has 0 aliphatic rings. The summed E-state index contributed by atoms with van der Waals surface area (Å²) in [5, 5.41) is 0.570. The number of methoxy groups -OCH3 is 2. The van der Waals surface area contributed by atoms with Crippen molar-refractivity contribution in [3.05, 3.63) is 33.8 Å². The van der Waals surface area contributed by atoms with E-state index >= 15 is 0 Å². The molecule has 0 amide bonds. The van der Waals surface area contributed by atoms with E-state index in [0.717, 1.165) is 43.1 Å². The van der Waals surface area contributed by atoms with Gasteiger partial charge < -0.3 is 9.47 Å². The van der Waals surface area contributed by atoms with E-state index in [1.54, 1.807) is 14.2 Å². The fourth-order valence-electron chi connectivity index (χ4n) is 2.25. The second kappa shape index (κ2) is 10.3. The van der Waals surface area contributed by atoms with Crippen molar-refractivity contribution in [2.45, 2.75) is 32.3 Å². The zero-order valence-electron chi connectivity index (χ0n) is 13.9. The third-order valence-corrected chi connectivity index (χ3v) is 4.35. The summed E-state index contributed by atoms with van der Waals surface area (Å²) in [7, 11) is -0.174. The smallest absolute Gasteiger partial charge is 0.264 e. The third kappa shape index (κ3) is 8.13. The standard InChI is InChI=1S/C16H25ClO5S/c1-20-8-4-6-13-10-14(7-5-9-21-2)16(17)15(11-13)12-22-23(3,18)19/h10-11H,4-9,12H2,1-3H3. The molecule has 1 aromatic carbocycles. The van der Waals surface area contributed by atoms with E-state index in [2.05, 4.69) is 6.07 Å². The normalized spacial score (nSPS) is 11.8. The zero-order chi connectivity index (χ0) is 17.3. The summed E-state index contributed by atoms with van der Waals surface area (Å²) in [6.45, 7) is 1.28. The predicted molar refractivity (Wildman–Crippen MR) is 91.5 cm³/mol. The van der Waals surface area contributed by atoms with Crippen LogP contribution in [0.25, 0.3) is 0 Å². The minimum absolute atomic E-state index is 0.0485. The highest BCUT2D eigenvalue weighted by atomic mass is 35.5. The number of hydrogen-bond acceptors (Lipinski definition) is 5. The maximum absolute atomic E-state index is 11.2. The molecular weight excluding hydrogens is 340 g/mol. The van der Waals surface area contributed by atoms with E-state index in [1.165, 1.54) is 0 Å². The quantitative estimate of drug-likeness (QED) is 0.446. The van der Waals surface area contributed by atoms with Gasteiger partial charge in [0.05, 0.1) is 12.9 Å². The van der Waals surface area contributed by atoms with Gasteiger partial charge in [-0.3, -0.25) is 4.18 Å². The number of ether oxygens (including phenoxy) is 2. The largest absolute Gasteiger partial charge is 0.385 e. The molecule has 0 saturated carbocycles. The summed E-state index contributed by atoms with van der Waals surface area (Å²) in [4.78, 5) is 0. The van der Waals surface area contributed by atoms with Crippen LogP contribution in [0.1, 0.15) is 29.5 Å². The Kier molecular flexibility index (Phi) is 9.09. The number of aryl methyl sites for hydroxylation is 2. The first kappa shape index (κ1) is 20.4. The Labute approximate surface area is 144 Å². The van der Waals surface area contributed by atoms with Gasteiger partial charge in [-0.25, -0.2) is 0 Å². The van der Waals surface area contributed by atoms with Gasteiger partial charge in [-0.1, -0.05) is 23.7 Å². The highest BCUT2D eigenvalue weighted by molar-refractivity contribution is 7.85. The maximum atomic E-state index is 11.2. The van der Waals surface area contributed by atoms with Crippen molar-refractivity contribution in [3.63, 3.8) is 0 Å². The fraction of sp³-hybridized carbons (Fsp3) is 0.625. The van der Waals surface area contributed by atoms with Gasteiger partial charge in [0.15, 0.2) is 0 Å². The van der Waals surface area contributed by atoms with Gasteiger partial charge in [0.1, 0.15) is 0 Å². The highest BCUT2D eigenvalue weighted by Gasteiger charge is 2.12. The van der Waals surface area contributed by atoms with Crippen LogP contribution in [0.5, 0.6) is 0 Å². The highest BCUT2D eigenvalue weighted by Crippen LogP contribution is 2.26. The fourth-order valence-corrected chi connectivity index (χ4v) is 2.85. The van der Waals surface area contributed by atoms with Crippen molar-refractivity contribution in [2.75, 3.05) is 33.7 Å². The van der Waals surface area contributed by atoms with Crippen molar-refractivity contribution in [1.29, 1.82) is 0 Å². The second-order valence-corrected chi connectivity index (χ2v) is 7.41. The Morgan fingerprint density at radius 1 is 1.00 bits per heavy atom. The molecule has 0 aliphatic heterocycles. The molecule has 5 nitrogen and oxygen atoms in total. The molecule has 0 heterocycles. The topological polar surface area (TPSA) is 61.8 Å². The van der Waals surface area contributed by atoms with Gasteiger partial charge in [-0.05, 0) is 42.4 Å². The average molecular weight is 365 g/mol. The number of hydrogen-bond donors (Lipinski definition) is 0. The lowest BCUT2D eigenvalue weighted by Gasteiger charge is -2.13. The zero-order valence-corrected chi connectivity index (χ0v) is 15.5. The van der Waals surface area contributed by atoms with Crippen LogP contribution in [-0.4, -0.2) is 42.1 Å². The number of halogens is 1. The Morgan fingerprint density at radius 2 is 1.57 bits per heavy atom.